The van der Waals surface area contributed by atoms with E-state index in [1.165, 1.54) is 218 Å². The number of aliphatic hydroxyl groups excluding tert-OH is 2. The van der Waals surface area contributed by atoms with Gasteiger partial charge in [0.2, 0.25) is 0 Å². The molecule has 1 atom stereocenters. The first kappa shape index (κ1) is 56.0. The van der Waals surface area contributed by atoms with Gasteiger partial charge in [-0.3, -0.25) is 9.59 Å². The van der Waals surface area contributed by atoms with Crippen molar-refractivity contribution in [1.82, 2.24) is 0 Å². The zero-order valence-electron chi connectivity index (χ0n) is 37.5. The fourth-order valence-electron chi connectivity index (χ4n) is 7.30. The van der Waals surface area contributed by atoms with Crippen molar-refractivity contribution in [3.05, 3.63) is 0 Å². The maximum Gasteiger partial charge on any atom is 0.306 e. The molecule has 0 radical (unpaired) electrons. The lowest BCUT2D eigenvalue weighted by Gasteiger charge is -2.13. The number of ether oxygens (including phenoxy) is 2. The van der Waals surface area contributed by atoms with Crippen LogP contribution in [0.5, 0.6) is 0 Å². The van der Waals surface area contributed by atoms with E-state index in [-0.39, 0.29) is 37.9 Å². The molecule has 0 rings (SSSR count). The smallest absolute Gasteiger partial charge is 0.306 e. The number of esters is 2. The second kappa shape index (κ2) is 50.9. The highest BCUT2D eigenvalue weighted by Gasteiger charge is 2.12. The van der Waals surface area contributed by atoms with Crippen LogP contribution < -0.4 is 0 Å². The minimum Gasteiger partial charge on any atom is -0.462 e. The Morgan fingerprint density at radius 2 is 0.582 bits per heavy atom. The van der Waals surface area contributed by atoms with Crippen LogP contribution in [0.4, 0.5) is 0 Å². The Morgan fingerprint density at radius 3 is 0.818 bits per heavy atom. The van der Waals surface area contributed by atoms with Gasteiger partial charge in [0.05, 0.1) is 13.2 Å². The summed E-state index contributed by atoms with van der Waals surface area (Å²) < 4.78 is 10.8. The lowest BCUT2D eigenvalue weighted by molar-refractivity contribution is -0.158. The van der Waals surface area contributed by atoms with Gasteiger partial charge in [0.15, 0.2) is 0 Å². The van der Waals surface area contributed by atoms with Gasteiger partial charge in [-0.1, -0.05) is 245 Å². The highest BCUT2D eigenvalue weighted by Crippen LogP contribution is 2.17. The second-order valence-corrected chi connectivity index (χ2v) is 16.7. The maximum atomic E-state index is 12.2. The van der Waals surface area contributed by atoms with E-state index >= 15 is 0 Å². The van der Waals surface area contributed by atoms with Gasteiger partial charge in [-0.15, -0.1) is 0 Å². The van der Waals surface area contributed by atoms with Crippen LogP contribution in [0.15, 0.2) is 0 Å². The quantitative estimate of drug-likeness (QED) is 0.0472. The second-order valence-electron chi connectivity index (χ2n) is 16.7. The summed E-state index contributed by atoms with van der Waals surface area (Å²) in [6, 6.07) is 0. The summed E-state index contributed by atoms with van der Waals surface area (Å²) in [5, 5.41) is 15.2. The maximum absolute atomic E-state index is 12.2. The molecule has 0 amide bonds. The van der Waals surface area contributed by atoms with Crippen molar-refractivity contribution < 1.29 is 29.3 Å². The molecule has 0 aliphatic heterocycles. The van der Waals surface area contributed by atoms with Crippen molar-refractivity contribution in [3.8, 4) is 0 Å². The third kappa shape index (κ3) is 52.9. The van der Waals surface area contributed by atoms with Crippen LogP contribution >= 0.6 is 0 Å². The molecule has 0 spiro atoms. The van der Waals surface area contributed by atoms with Crippen LogP contribution in [0.25, 0.3) is 0 Å². The van der Waals surface area contributed by atoms with Crippen LogP contribution in [0.1, 0.15) is 278 Å². The Morgan fingerprint density at radius 1 is 0.364 bits per heavy atom. The molecule has 0 aliphatic carbocycles. The monoisotopic (exact) mass is 783 g/mol. The van der Waals surface area contributed by atoms with E-state index in [1.807, 2.05) is 6.92 Å². The third-order valence-electron chi connectivity index (χ3n) is 10.9. The van der Waals surface area contributed by atoms with Crippen molar-refractivity contribution in [3.63, 3.8) is 0 Å². The van der Waals surface area contributed by atoms with E-state index in [0.717, 1.165) is 25.7 Å². The zero-order valence-corrected chi connectivity index (χ0v) is 37.5. The van der Waals surface area contributed by atoms with Gasteiger partial charge in [-0.2, -0.15) is 0 Å². The average Bonchev–Trinajstić information content (AvgIpc) is 3.19. The summed E-state index contributed by atoms with van der Waals surface area (Å²) in [6.45, 7) is 6.32. The summed E-state index contributed by atoms with van der Waals surface area (Å²) in [5.74, 6) is -0.326. The Hall–Kier alpha value is -1.14. The molecule has 0 aromatic rings. The molecule has 0 aromatic carbocycles. The fraction of sp³-hybridized carbons (Fsp3) is 0.959. The summed E-state index contributed by atoms with van der Waals surface area (Å²) in [5.41, 5.74) is 0. The van der Waals surface area contributed by atoms with Crippen molar-refractivity contribution in [1.29, 1.82) is 0 Å². The number of hydrogen-bond donors (Lipinski definition) is 2. The first-order valence-electron chi connectivity index (χ1n) is 24.6. The van der Waals surface area contributed by atoms with Crippen molar-refractivity contribution >= 4 is 11.9 Å². The number of rotatable bonds is 44. The van der Waals surface area contributed by atoms with Crippen LogP contribution in [-0.2, 0) is 19.1 Å². The van der Waals surface area contributed by atoms with Crippen LogP contribution in [0, 0.1) is 0 Å². The predicted octanol–water partition coefficient (Wildman–Crippen LogP) is 15.1. The molecule has 0 saturated carbocycles. The lowest BCUT2D eigenvalue weighted by Crippen LogP contribution is -2.22. The molecule has 0 aliphatic rings. The van der Waals surface area contributed by atoms with Gasteiger partial charge >= 0.3 is 11.9 Å². The Kier molecular flexibility index (Phi) is 51.8. The van der Waals surface area contributed by atoms with Crippen LogP contribution in [0.2, 0.25) is 0 Å². The van der Waals surface area contributed by atoms with E-state index in [1.54, 1.807) is 0 Å². The average molecular weight is 783 g/mol. The highest BCUT2D eigenvalue weighted by atomic mass is 16.6. The zero-order chi connectivity index (χ0) is 40.6. The molecular weight excluding hydrogens is 685 g/mol. The number of carbonyl (C=O) groups excluding carboxylic acids is 2. The van der Waals surface area contributed by atoms with Crippen LogP contribution in [0.3, 0.4) is 0 Å². The minimum absolute atomic E-state index is 0.125. The largest absolute Gasteiger partial charge is 0.462 e. The molecule has 1 unspecified atom stereocenters. The van der Waals surface area contributed by atoms with Gasteiger partial charge in [-0.05, 0) is 19.8 Å². The first-order chi connectivity index (χ1) is 27.0. The van der Waals surface area contributed by atoms with E-state index in [2.05, 4.69) is 13.8 Å². The van der Waals surface area contributed by atoms with Crippen molar-refractivity contribution in [2.45, 2.75) is 284 Å². The SMILES string of the molecule is CCCCCCCCCCCCCCCCCCCCCC(=O)OCC(C)OC(=O)CCCCCCCCCCCCCCCCCCCCC.OCCO. The summed E-state index contributed by atoms with van der Waals surface area (Å²) >= 11 is 0. The number of aliphatic hydroxyl groups is 2. The molecule has 0 bridgehead atoms. The lowest BCUT2D eigenvalue weighted by atomic mass is 10.0. The molecule has 0 heterocycles. The number of hydrogen-bond acceptors (Lipinski definition) is 6. The van der Waals surface area contributed by atoms with Crippen LogP contribution in [-0.4, -0.2) is 48.1 Å². The van der Waals surface area contributed by atoms with E-state index in [4.69, 9.17) is 19.7 Å². The van der Waals surface area contributed by atoms with Gasteiger partial charge in [-0.25, -0.2) is 0 Å². The molecule has 0 fully saturated rings. The summed E-state index contributed by atoms with van der Waals surface area (Å²) in [6.07, 6.45) is 51.8. The third-order valence-corrected chi connectivity index (χ3v) is 10.9. The molecule has 0 aromatic heterocycles. The van der Waals surface area contributed by atoms with Gasteiger partial charge < -0.3 is 19.7 Å². The van der Waals surface area contributed by atoms with Crippen molar-refractivity contribution in [2.24, 2.45) is 0 Å². The standard InChI is InChI=1S/C47H92O4.C2H6O2/c1-4-6-8-10-12-14-16-18-20-22-24-26-28-30-32-34-36-38-40-42-46(48)50-44-45(3)51-47(49)43-41-39-37-35-33-31-29-27-25-23-21-19-17-15-13-11-9-7-5-2;3-1-2-4/h45H,4-44H2,1-3H3;3-4H,1-2H2. The predicted molar refractivity (Wildman–Crippen MR) is 237 cm³/mol. The van der Waals surface area contributed by atoms with Crippen molar-refractivity contribution in [2.75, 3.05) is 19.8 Å². The summed E-state index contributed by atoms with van der Waals surface area (Å²) in [7, 11) is 0. The molecule has 330 valence electrons. The normalized spacial score (nSPS) is 11.7. The van der Waals surface area contributed by atoms with E-state index in [0.29, 0.717) is 12.8 Å². The highest BCUT2D eigenvalue weighted by molar-refractivity contribution is 5.70. The molecule has 0 saturated heterocycles. The molecule has 2 N–H and O–H groups in total. The Labute approximate surface area is 343 Å². The first-order valence-corrected chi connectivity index (χ1v) is 24.6. The number of carbonyl (C=O) groups is 2. The topological polar surface area (TPSA) is 93.1 Å². The Bertz CT molecular complexity index is 726. The molecular formula is C49H98O6. The van der Waals surface area contributed by atoms with E-state index < -0.39 is 0 Å². The number of unbranched alkanes of at least 4 members (excludes halogenated alkanes) is 36. The van der Waals surface area contributed by atoms with Gasteiger partial charge in [0, 0.05) is 12.8 Å². The molecule has 6 heteroatoms. The van der Waals surface area contributed by atoms with E-state index in [9.17, 15) is 9.59 Å². The molecule has 6 nitrogen and oxygen atoms in total. The summed E-state index contributed by atoms with van der Waals surface area (Å²) in [4.78, 5) is 24.3. The fourth-order valence-corrected chi connectivity index (χ4v) is 7.30. The van der Waals surface area contributed by atoms with Gasteiger partial charge in [0.25, 0.3) is 0 Å². The van der Waals surface area contributed by atoms with Gasteiger partial charge in [0.1, 0.15) is 12.7 Å². The minimum atomic E-state index is -0.369. The molecule has 55 heavy (non-hydrogen) atoms. The Balaban J connectivity index is 0.